The lowest BCUT2D eigenvalue weighted by Gasteiger charge is -2.27. The molecule has 0 saturated carbocycles. The molecule has 0 spiro atoms. The molecule has 122 valence electrons. The molecule has 1 atom stereocenters. The van der Waals surface area contributed by atoms with E-state index in [1.165, 1.54) is 4.90 Å². The molecule has 7 nitrogen and oxygen atoms in total. The summed E-state index contributed by atoms with van der Waals surface area (Å²) in [6.07, 6.45) is 2.90. The summed E-state index contributed by atoms with van der Waals surface area (Å²) in [6.45, 7) is 1.05. The Morgan fingerprint density at radius 3 is 3.08 bits per heavy atom. The molecule has 1 fully saturated rings. The number of nitrogens with one attached hydrogen (secondary N) is 1. The number of benzene rings is 1. The number of hydrogen-bond donors (Lipinski definition) is 1. The zero-order valence-corrected chi connectivity index (χ0v) is 13.4. The largest absolute Gasteiger partial charge is 0.365 e. The third-order valence-electron chi connectivity index (χ3n) is 3.56. The number of hydrogen-bond acceptors (Lipinski definition) is 6. The molecule has 1 amide bonds. The quantitative estimate of drug-likeness (QED) is 0.856. The van der Waals surface area contributed by atoms with Gasteiger partial charge in [-0.25, -0.2) is 0 Å². The maximum Gasteiger partial charge on any atom is 0.256 e. The Labute approximate surface area is 143 Å². The van der Waals surface area contributed by atoms with Gasteiger partial charge in [0.05, 0.1) is 25.9 Å². The Hall–Kier alpha value is -2.69. The van der Waals surface area contributed by atoms with Crippen LogP contribution in [0.15, 0.2) is 36.5 Å². The van der Waals surface area contributed by atoms with Crippen molar-refractivity contribution in [3.05, 3.63) is 41.6 Å². The van der Waals surface area contributed by atoms with Crippen LogP contribution in [0.1, 0.15) is 0 Å². The first-order chi connectivity index (χ1) is 11.7. The number of amides is 1. The monoisotopic (exact) mass is 343 g/mol. The van der Waals surface area contributed by atoms with Gasteiger partial charge in [-0.2, -0.15) is 10.4 Å². The number of nitrogens with zero attached hydrogens (tertiary/aromatic N) is 4. The van der Waals surface area contributed by atoms with Crippen molar-refractivity contribution in [3.8, 4) is 17.3 Å². The molecule has 1 aromatic heterocycles. The van der Waals surface area contributed by atoms with E-state index in [1.54, 1.807) is 24.4 Å². The van der Waals surface area contributed by atoms with Gasteiger partial charge in [0.25, 0.3) is 5.91 Å². The molecular formula is C16H14ClN5O2. The molecule has 8 heteroatoms. The number of anilines is 1. The first kappa shape index (κ1) is 16.2. The summed E-state index contributed by atoms with van der Waals surface area (Å²) in [4.78, 5) is 13.8. The number of carbonyl (C=O) groups is 1. The van der Waals surface area contributed by atoms with E-state index in [1.807, 2.05) is 18.3 Å². The van der Waals surface area contributed by atoms with Crippen molar-refractivity contribution in [1.29, 1.82) is 5.26 Å². The minimum absolute atomic E-state index is 0.226. The molecule has 2 aromatic rings. The van der Waals surface area contributed by atoms with Crippen molar-refractivity contribution >= 4 is 23.3 Å². The molecule has 1 N–H and O–H groups in total. The van der Waals surface area contributed by atoms with E-state index in [4.69, 9.17) is 21.6 Å². The molecule has 1 aliphatic heterocycles. The van der Waals surface area contributed by atoms with Gasteiger partial charge < -0.3 is 15.0 Å². The number of morpholine rings is 1. The van der Waals surface area contributed by atoms with Gasteiger partial charge in [0.1, 0.15) is 0 Å². The predicted molar refractivity (Wildman–Crippen MR) is 88.0 cm³/mol. The fraction of sp³-hybridized carbons (Fsp3) is 0.250. The van der Waals surface area contributed by atoms with E-state index >= 15 is 0 Å². The van der Waals surface area contributed by atoms with Crippen LogP contribution < -0.4 is 5.32 Å². The van der Waals surface area contributed by atoms with Crippen LogP contribution >= 0.6 is 11.6 Å². The maximum atomic E-state index is 12.3. The minimum atomic E-state index is -0.713. The van der Waals surface area contributed by atoms with Crippen LogP contribution in [-0.2, 0) is 9.53 Å². The minimum Gasteiger partial charge on any atom is -0.365 e. The van der Waals surface area contributed by atoms with Crippen LogP contribution in [0.2, 0.25) is 5.02 Å². The highest BCUT2D eigenvalue weighted by molar-refractivity contribution is 6.30. The number of nitriles is 1. The molecule has 2 heterocycles. The Balaban J connectivity index is 1.73. The summed E-state index contributed by atoms with van der Waals surface area (Å²) in [6, 6.07) is 9.02. The predicted octanol–water partition coefficient (Wildman–Crippen LogP) is 1.92. The van der Waals surface area contributed by atoms with Gasteiger partial charge >= 0.3 is 0 Å². The van der Waals surface area contributed by atoms with Crippen molar-refractivity contribution in [2.45, 2.75) is 6.10 Å². The van der Waals surface area contributed by atoms with Gasteiger partial charge in [-0.05, 0) is 23.8 Å². The second-order valence-electron chi connectivity index (χ2n) is 5.23. The highest BCUT2D eigenvalue weighted by Crippen LogP contribution is 2.23. The molecular weight excluding hydrogens is 330 g/mol. The highest BCUT2D eigenvalue weighted by atomic mass is 35.5. The first-order valence-electron chi connectivity index (χ1n) is 7.31. The van der Waals surface area contributed by atoms with E-state index < -0.39 is 6.10 Å². The molecule has 1 aliphatic rings. The smallest absolute Gasteiger partial charge is 0.256 e. The number of carbonyl (C=O) groups excluding carboxylic acids is 1. The molecule has 0 radical (unpaired) electrons. The van der Waals surface area contributed by atoms with E-state index in [2.05, 4.69) is 15.5 Å². The van der Waals surface area contributed by atoms with Crippen molar-refractivity contribution in [1.82, 2.24) is 15.1 Å². The Morgan fingerprint density at radius 1 is 1.42 bits per heavy atom. The second-order valence-corrected chi connectivity index (χ2v) is 5.67. The Kier molecular flexibility index (Phi) is 4.89. The molecule has 0 bridgehead atoms. The third-order valence-corrected chi connectivity index (χ3v) is 3.80. The molecule has 1 saturated heterocycles. The van der Waals surface area contributed by atoms with Gasteiger partial charge in [0.15, 0.2) is 18.1 Å². The van der Waals surface area contributed by atoms with E-state index in [9.17, 15) is 4.79 Å². The summed E-state index contributed by atoms with van der Waals surface area (Å²) in [5, 5.41) is 20.0. The Morgan fingerprint density at radius 2 is 2.29 bits per heavy atom. The van der Waals surface area contributed by atoms with Gasteiger partial charge in [-0.1, -0.05) is 23.7 Å². The van der Waals surface area contributed by atoms with Crippen LogP contribution in [0, 0.1) is 11.5 Å². The molecule has 0 unspecified atom stereocenters. The van der Waals surface area contributed by atoms with Crippen LogP contribution in [0.25, 0.3) is 11.1 Å². The fourth-order valence-corrected chi connectivity index (χ4v) is 2.55. The highest BCUT2D eigenvalue weighted by Gasteiger charge is 2.26. The number of rotatable bonds is 3. The van der Waals surface area contributed by atoms with Crippen LogP contribution in [-0.4, -0.2) is 46.8 Å². The number of ether oxygens (including phenoxy) is 1. The van der Waals surface area contributed by atoms with Gasteiger partial charge in [-0.3, -0.25) is 4.79 Å². The summed E-state index contributed by atoms with van der Waals surface area (Å²) in [5.74, 6) is -0.0392. The third kappa shape index (κ3) is 3.79. The van der Waals surface area contributed by atoms with E-state index in [0.29, 0.717) is 24.0 Å². The zero-order chi connectivity index (χ0) is 16.9. The Bertz CT molecular complexity index is 792. The summed E-state index contributed by atoms with van der Waals surface area (Å²) in [7, 11) is 0. The zero-order valence-electron chi connectivity index (χ0n) is 12.6. The van der Waals surface area contributed by atoms with Crippen LogP contribution in [0.3, 0.4) is 0 Å². The van der Waals surface area contributed by atoms with E-state index in [-0.39, 0.29) is 12.5 Å². The second kappa shape index (κ2) is 7.25. The van der Waals surface area contributed by atoms with Crippen molar-refractivity contribution in [3.63, 3.8) is 0 Å². The lowest BCUT2D eigenvalue weighted by molar-refractivity contribution is -0.131. The topological polar surface area (TPSA) is 91.1 Å². The van der Waals surface area contributed by atoms with Crippen LogP contribution in [0.4, 0.5) is 5.82 Å². The van der Waals surface area contributed by atoms with Gasteiger partial charge in [0, 0.05) is 10.6 Å². The average molecular weight is 344 g/mol. The SMILES string of the molecule is N#CN1CCO[C@@H](C(=O)Nc2cc(-c3cccc(Cl)c3)cnn2)C1. The van der Waals surface area contributed by atoms with Crippen molar-refractivity contribution in [2.24, 2.45) is 0 Å². The lowest BCUT2D eigenvalue weighted by atomic mass is 10.1. The molecule has 3 rings (SSSR count). The van der Waals surface area contributed by atoms with Crippen LogP contribution in [0.5, 0.6) is 0 Å². The molecule has 24 heavy (non-hydrogen) atoms. The van der Waals surface area contributed by atoms with Gasteiger partial charge in [0.2, 0.25) is 0 Å². The first-order valence-corrected chi connectivity index (χ1v) is 7.69. The number of halogens is 1. The average Bonchev–Trinajstić information content (AvgIpc) is 2.62. The molecule has 0 aliphatic carbocycles. The fourth-order valence-electron chi connectivity index (χ4n) is 2.36. The summed E-state index contributed by atoms with van der Waals surface area (Å²) >= 11 is 5.99. The number of aromatic nitrogens is 2. The lowest BCUT2D eigenvalue weighted by Crippen LogP contribution is -2.46. The van der Waals surface area contributed by atoms with Crippen molar-refractivity contribution < 1.29 is 9.53 Å². The van der Waals surface area contributed by atoms with E-state index in [0.717, 1.165) is 11.1 Å². The normalized spacial score (nSPS) is 17.2. The summed E-state index contributed by atoms with van der Waals surface area (Å²) in [5.41, 5.74) is 1.66. The maximum absolute atomic E-state index is 12.3. The van der Waals surface area contributed by atoms with Gasteiger partial charge in [-0.15, -0.1) is 5.10 Å². The van der Waals surface area contributed by atoms with Crippen molar-refractivity contribution in [2.75, 3.05) is 25.0 Å². The standard InChI is InChI=1S/C16H14ClN5O2/c17-13-3-1-2-11(6-13)12-7-15(21-19-8-12)20-16(23)14-9-22(10-18)4-5-24-14/h1-3,6-8,14H,4-5,9H2,(H,20,21,23)/t14-/m1/s1. The summed E-state index contributed by atoms with van der Waals surface area (Å²) < 4.78 is 5.40. The molecule has 1 aromatic carbocycles.